The van der Waals surface area contributed by atoms with Crippen molar-refractivity contribution >= 4 is 29.0 Å². The van der Waals surface area contributed by atoms with E-state index in [0.29, 0.717) is 4.91 Å². The molecule has 70 valence electrons. The van der Waals surface area contributed by atoms with Crippen LogP contribution in [0.2, 0.25) is 0 Å². The second-order valence-electron chi connectivity index (χ2n) is 2.63. The highest BCUT2D eigenvalue weighted by Gasteiger charge is 2.24. The Morgan fingerprint density at radius 1 is 1.29 bits per heavy atom. The zero-order valence-corrected chi connectivity index (χ0v) is 7.88. The average molecular weight is 206 g/mol. The fourth-order valence-corrected chi connectivity index (χ4v) is 1.71. The summed E-state index contributed by atoms with van der Waals surface area (Å²) in [5.74, 6) is -0.336. The standard InChI is InChI=1S/C9H6N2O2S/c12-8-7(14-9(13)11-8)5-6-1-3-10-4-2-6/h1-5H,(H,11,12,13)/b7-5+. The molecular formula is C9H6N2O2S. The number of carbonyl (C=O) groups excluding carboxylic acids is 2. The van der Waals surface area contributed by atoms with Crippen LogP contribution in [0.1, 0.15) is 5.56 Å². The van der Waals surface area contributed by atoms with E-state index >= 15 is 0 Å². The number of rotatable bonds is 1. The van der Waals surface area contributed by atoms with Crippen LogP contribution in [0.25, 0.3) is 6.08 Å². The molecule has 1 fully saturated rings. The van der Waals surface area contributed by atoms with E-state index in [9.17, 15) is 9.59 Å². The summed E-state index contributed by atoms with van der Waals surface area (Å²) in [6.07, 6.45) is 4.92. The zero-order valence-electron chi connectivity index (χ0n) is 7.06. The third kappa shape index (κ3) is 1.82. The van der Waals surface area contributed by atoms with E-state index in [4.69, 9.17) is 0 Å². The van der Waals surface area contributed by atoms with Crippen molar-refractivity contribution in [1.29, 1.82) is 0 Å². The molecule has 2 rings (SSSR count). The van der Waals surface area contributed by atoms with Crippen molar-refractivity contribution in [2.75, 3.05) is 0 Å². The minimum atomic E-state index is -0.336. The molecule has 14 heavy (non-hydrogen) atoms. The highest BCUT2D eigenvalue weighted by atomic mass is 32.2. The summed E-state index contributed by atoms with van der Waals surface area (Å²) in [6, 6.07) is 3.53. The summed E-state index contributed by atoms with van der Waals surface area (Å²) in [6.45, 7) is 0. The van der Waals surface area contributed by atoms with E-state index in [1.807, 2.05) is 0 Å². The molecule has 1 N–H and O–H groups in total. The maximum absolute atomic E-state index is 11.2. The summed E-state index contributed by atoms with van der Waals surface area (Å²) < 4.78 is 0. The quantitative estimate of drug-likeness (QED) is 0.706. The van der Waals surface area contributed by atoms with E-state index in [2.05, 4.69) is 10.3 Å². The Balaban J connectivity index is 2.28. The molecule has 0 saturated carbocycles. The summed E-state index contributed by atoms with van der Waals surface area (Å²) in [4.78, 5) is 26.3. The van der Waals surface area contributed by atoms with Gasteiger partial charge < -0.3 is 0 Å². The highest BCUT2D eigenvalue weighted by Crippen LogP contribution is 2.25. The number of aromatic nitrogens is 1. The van der Waals surface area contributed by atoms with Gasteiger partial charge in [0.15, 0.2) is 0 Å². The van der Waals surface area contributed by atoms with Gasteiger partial charge in [0, 0.05) is 12.4 Å². The first-order valence-electron chi connectivity index (χ1n) is 3.90. The Morgan fingerprint density at radius 2 is 2.00 bits per heavy atom. The number of imide groups is 1. The molecule has 4 nitrogen and oxygen atoms in total. The number of hydrogen-bond donors (Lipinski definition) is 1. The van der Waals surface area contributed by atoms with Crippen molar-refractivity contribution in [1.82, 2.24) is 10.3 Å². The molecule has 0 radical (unpaired) electrons. The van der Waals surface area contributed by atoms with Crippen molar-refractivity contribution in [3.8, 4) is 0 Å². The van der Waals surface area contributed by atoms with Crippen molar-refractivity contribution in [3.63, 3.8) is 0 Å². The van der Waals surface area contributed by atoms with Gasteiger partial charge in [0.2, 0.25) is 0 Å². The maximum atomic E-state index is 11.2. The van der Waals surface area contributed by atoms with E-state index < -0.39 is 0 Å². The topological polar surface area (TPSA) is 59.1 Å². The third-order valence-electron chi connectivity index (χ3n) is 1.65. The molecule has 0 unspecified atom stereocenters. The smallest absolute Gasteiger partial charge is 0.282 e. The van der Waals surface area contributed by atoms with E-state index in [-0.39, 0.29) is 11.1 Å². The first kappa shape index (κ1) is 8.96. The van der Waals surface area contributed by atoms with Gasteiger partial charge >= 0.3 is 0 Å². The minimum absolute atomic E-state index is 0.324. The number of carbonyl (C=O) groups is 2. The maximum Gasteiger partial charge on any atom is 0.290 e. The fourth-order valence-electron chi connectivity index (χ4n) is 1.03. The summed E-state index contributed by atoms with van der Waals surface area (Å²) in [5.41, 5.74) is 0.854. The second-order valence-corrected chi connectivity index (χ2v) is 3.65. The summed E-state index contributed by atoms with van der Waals surface area (Å²) in [5, 5.41) is 1.86. The molecule has 1 aromatic heterocycles. The number of nitrogens with one attached hydrogen (secondary N) is 1. The van der Waals surface area contributed by atoms with Crippen LogP contribution in [0.15, 0.2) is 29.4 Å². The van der Waals surface area contributed by atoms with E-state index in [1.165, 1.54) is 0 Å². The molecule has 0 spiro atoms. The Bertz CT molecular complexity index is 414. The molecule has 0 aromatic carbocycles. The molecular weight excluding hydrogens is 200 g/mol. The van der Waals surface area contributed by atoms with Crippen LogP contribution in [-0.4, -0.2) is 16.1 Å². The number of amides is 2. The molecule has 1 aliphatic rings. The van der Waals surface area contributed by atoms with Crippen molar-refractivity contribution in [3.05, 3.63) is 35.0 Å². The van der Waals surface area contributed by atoms with Crippen LogP contribution in [0.3, 0.4) is 0 Å². The molecule has 0 aliphatic carbocycles. The summed E-state index contributed by atoms with van der Waals surface area (Å²) in [7, 11) is 0. The molecule has 1 aliphatic heterocycles. The Labute approximate surface area is 84.4 Å². The van der Waals surface area contributed by atoms with Gasteiger partial charge in [-0.25, -0.2) is 0 Å². The molecule has 5 heteroatoms. The van der Waals surface area contributed by atoms with Gasteiger partial charge in [-0.05, 0) is 35.5 Å². The minimum Gasteiger partial charge on any atom is -0.282 e. The lowest BCUT2D eigenvalue weighted by molar-refractivity contribution is -0.115. The van der Waals surface area contributed by atoms with Gasteiger partial charge in [-0.1, -0.05) is 0 Å². The zero-order chi connectivity index (χ0) is 9.97. The lowest BCUT2D eigenvalue weighted by atomic mass is 10.2. The van der Waals surface area contributed by atoms with Crippen LogP contribution in [0, 0.1) is 0 Å². The lowest BCUT2D eigenvalue weighted by Crippen LogP contribution is -2.17. The first-order chi connectivity index (χ1) is 6.75. The molecule has 0 bridgehead atoms. The number of hydrogen-bond acceptors (Lipinski definition) is 4. The van der Waals surface area contributed by atoms with Gasteiger partial charge in [-0.3, -0.25) is 19.9 Å². The Hall–Kier alpha value is -1.62. The predicted molar refractivity (Wildman–Crippen MR) is 53.3 cm³/mol. The van der Waals surface area contributed by atoms with E-state index in [0.717, 1.165) is 17.3 Å². The monoisotopic (exact) mass is 206 g/mol. The van der Waals surface area contributed by atoms with Gasteiger partial charge in [-0.2, -0.15) is 0 Å². The first-order valence-corrected chi connectivity index (χ1v) is 4.72. The third-order valence-corrected chi connectivity index (χ3v) is 2.46. The largest absolute Gasteiger partial charge is 0.290 e. The summed E-state index contributed by atoms with van der Waals surface area (Å²) >= 11 is 0.910. The van der Waals surface area contributed by atoms with Gasteiger partial charge in [0.1, 0.15) is 0 Å². The average Bonchev–Trinajstić information content (AvgIpc) is 2.47. The SMILES string of the molecule is O=C1NC(=O)/C(=C\c2ccncc2)S1. The van der Waals surface area contributed by atoms with Crippen LogP contribution in [-0.2, 0) is 4.79 Å². The fraction of sp³-hybridized carbons (Fsp3) is 0. The second kappa shape index (κ2) is 3.63. The van der Waals surface area contributed by atoms with E-state index in [1.54, 1.807) is 30.6 Å². The molecule has 2 amide bonds. The molecule has 2 heterocycles. The van der Waals surface area contributed by atoms with Crippen molar-refractivity contribution < 1.29 is 9.59 Å². The Kier molecular flexibility index (Phi) is 2.32. The number of thioether (sulfide) groups is 1. The lowest BCUT2D eigenvalue weighted by Gasteiger charge is -1.92. The molecule has 1 saturated heterocycles. The van der Waals surface area contributed by atoms with Crippen LogP contribution in [0.5, 0.6) is 0 Å². The molecule has 1 aromatic rings. The van der Waals surface area contributed by atoms with Crippen LogP contribution < -0.4 is 5.32 Å². The van der Waals surface area contributed by atoms with Gasteiger partial charge in [0.25, 0.3) is 11.1 Å². The van der Waals surface area contributed by atoms with Crippen LogP contribution >= 0.6 is 11.8 Å². The van der Waals surface area contributed by atoms with Gasteiger partial charge in [0.05, 0.1) is 4.91 Å². The van der Waals surface area contributed by atoms with Crippen molar-refractivity contribution in [2.45, 2.75) is 0 Å². The normalized spacial score (nSPS) is 18.7. The van der Waals surface area contributed by atoms with Crippen molar-refractivity contribution in [2.24, 2.45) is 0 Å². The number of pyridine rings is 1. The highest BCUT2D eigenvalue weighted by molar-refractivity contribution is 8.18. The Morgan fingerprint density at radius 3 is 2.57 bits per heavy atom. The van der Waals surface area contributed by atoms with Gasteiger partial charge in [-0.15, -0.1) is 0 Å². The number of nitrogens with zero attached hydrogens (tertiary/aromatic N) is 1. The molecule has 0 atom stereocenters. The van der Waals surface area contributed by atoms with Crippen LogP contribution in [0.4, 0.5) is 4.79 Å². The predicted octanol–water partition coefficient (Wildman–Crippen LogP) is 1.41.